The van der Waals surface area contributed by atoms with Gasteiger partial charge in [-0.3, -0.25) is 0 Å². The van der Waals surface area contributed by atoms with Crippen molar-refractivity contribution in [1.82, 2.24) is 0 Å². The van der Waals surface area contributed by atoms with Crippen molar-refractivity contribution in [1.29, 1.82) is 0 Å². The van der Waals surface area contributed by atoms with Gasteiger partial charge in [0.05, 0.1) is 6.10 Å². The third kappa shape index (κ3) is 3.32. The van der Waals surface area contributed by atoms with Crippen molar-refractivity contribution in [3.05, 3.63) is 34.9 Å². The Labute approximate surface area is 105 Å². The normalized spacial score (nSPS) is 19.2. The number of aliphatic hydroxyl groups is 1. The molecule has 0 bridgehead atoms. The minimum Gasteiger partial charge on any atom is -0.388 e. The van der Waals surface area contributed by atoms with E-state index >= 15 is 0 Å². The summed E-state index contributed by atoms with van der Waals surface area (Å²) >= 11 is 0. The molecule has 1 unspecified atom stereocenters. The van der Waals surface area contributed by atoms with Crippen LogP contribution in [-0.2, 0) is 0 Å². The molecule has 94 valence electrons. The fourth-order valence-electron chi connectivity index (χ4n) is 3.07. The molecule has 0 spiro atoms. The lowest BCUT2D eigenvalue weighted by molar-refractivity contribution is 0.131. The van der Waals surface area contributed by atoms with E-state index in [-0.39, 0.29) is 6.10 Å². The monoisotopic (exact) mass is 232 g/mol. The first-order valence-electron chi connectivity index (χ1n) is 6.92. The van der Waals surface area contributed by atoms with Crippen molar-refractivity contribution in [3.63, 3.8) is 0 Å². The van der Waals surface area contributed by atoms with Gasteiger partial charge in [-0.2, -0.15) is 0 Å². The van der Waals surface area contributed by atoms with Crippen LogP contribution in [0.3, 0.4) is 0 Å². The Balaban J connectivity index is 2.00. The summed E-state index contributed by atoms with van der Waals surface area (Å²) in [6.45, 7) is 4.21. The molecule has 0 radical (unpaired) electrons. The summed E-state index contributed by atoms with van der Waals surface area (Å²) in [6, 6.07) is 6.37. The van der Waals surface area contributed by atoms with Crippen LogP contribution in [0.15, 0.2) is 18.2 Å². The summed E-state index contributed by atoms with van der Waals surface area (Å²) < 4.78 is 0. The van der Waals surface area contributed by atoms with Crippen LogP contribution in [0.2, 0.25) is 0 Å². The Hall–Kier alpha value is -0.820. The van der Waals surface area contributed by atoms with E-state index in [1.54, 1.807) is 0 Å². The highest BCUT2D eigenvalue weighted by Gasteiger charge is 2.19. The number of aryl methyl sites for hydroxylation is 2. The zero-order valence-corrected chi connectivity index (χ0v) is 11.1. The van der Waals surface area contributed by atoms with Crippen LogP contribution in [0.4, 0.5) is 0 Å². The number of aliphatic hydroxyl groups excluding tert-OH is 1. The van der Waals surface area contributed by atoms with Gasteiger partial charge in [0.1, 0.15) is 0 Å². The maximum absolute atomic E-state index is 10.3. The molecule has 0 heterocycles. The summed E-state index contributed by atoms with van der Waals surface area (Å²) in [5.74, 6) is 0.736. The van der Waals surface area contributed by atoms with Gasteiger partial charge in [0.25, 0.3) is 0 Å². The molecule has 0 saturated heterocycles. The lowest BCUT2D eigenvalue weighted by Crippen LogP contribution is -2.11. The van der Waals surface area contributed by atoms with Crippen LogP contribution in [0.25, 0.3) is 0 Å². The van der Waals surface area contributed by atoms with E-state index in [2.05, 4.69) is 32.0 Å². The van der Waals surface area contributed by atoms with Gasteiger partial charge < -0.3 is 5.11 Å². The highest BCUT2D eigenvalue weighted by Crippen LogP contribution is 2.32. The SMILES string of the molecule is Cc1ccc(C(O)CC2CCCCC2)c(C)c1. The zero-order chi connectivity index (χ0) is 12.3. The average Bonchev–Trinajstić information content (AvgIpc) is 2.30. The molecule has 1 heteroatoms. The van der Waals surface area contributed by atoms with Crippen LogP contribution in [0.5, 0.6) is 0 Å². The minimum atomic E-state index is -0.265. The van der Waals surface area contributed by atoms with E-state index in [0.717, 1.165) is 17.9 Å². The zero-order valence-electron chi connectivity index (χ0n) is 11.1. The largest absolute Gasteiger partial charge is 0.388 e. The lowest BCUT2D eigenvalue weighted by Gasteiger charge is -2.25. The summed E-state index contributed by atoms with van der Waals surface area (Å²) in [5.41, 5.74) is 3.63. The van der Waals surface area contributed by atoms with E-state index in [4.69, 9.17) is 0 Å². The molecule has 17 heavy (non-hydrogen) atoms. The molecule has 0 amide bonds. The predicted octanol–water partition coefficient (Wildman–Crippen LogP) is 4.31. The van der Waals surface area contributed by atoms with Crippen molar-refractivity contribution >= 4 is 0 Å². The van der Waals surface area contributed by atoms with E-state index < -0.39 is 0 Å². The third-order valence-electron chi connectivity index (χ3n) is 4.07. The van der Waals surface area contributed by atoms with Gasteiger partial charge in [0, 0.05) is 0 Å². The van der Waals surface area contributed by atoms with Crippen molar-refractivity contribution < 1.29 is 5.11 Å². The van der Waals surface area contributed by atoms with E-state index in [1.807, 2.05) is 0 Å². The number of hydrogen-bond acceptors (Lipinski definition) is 1. The highest BCUT2D eigenvalue weighted by molar-refractivity contribution is 5.31. The van der Waals surface area contributed by atoms with Gasteiger partial charge in [-0.25, -0.2) is 0 Å². The minimum absolute atomic E-state index is 0.265. The molecule has 1 aromatic carbocycles. The predicted molar refractivity (Wildman–Crippen MR) is 72.1 cm³/mol. The fraction of sp³-hybridized carbons (Fsp3) is 0.625. The molecule has 1 fully saturated rings. The second-order valence-electron chi connectivity index (χ2n) is 5.62. The van der Waals surface area contributed by atoms with Crippen molar-refractivity contribution in [2.24, 2.45) is 5.92 Å². The quantitative estimate of drug-likeness (QED) is 0.823. The number of rotatable bonds is 3. The van der Waals surface area contributed by atoms with Crippen molar-refractivity contribution in [2.75, 3.05) is 0 Å². The molecule has 0 aromatic heterocycles. The molecule has 1 N–H and O–H groups in total. The summed E-state index contributed by atoms with van der Waals surface area (Å²) in [6.07, 6.45) is 7.39. The first-order valence-corrected chi connectivity index (χ1v) is 6.92. The second-order valence-corrected chi connectivity index (χ2v) is 5.62. The van der Waals surface area contributed by atoms with Crippen molar-refractivity contribution in [3.8, 4) is 0 Å². The summed E-state index contributed by atoms with van der Waals surface area (Å²) in [7, 11) is 0. The Bertz CT molecular complexity index is 364. The Morgan fingerprint density at radius 2 is 1.88 bits per heavy atom. The Kier molecular flexibility index (Phi) is 4.22. The Morgan fingerprint density at radius 1 is 1.18 bits per heavy atom. The number of hydrogen-bond donors (Lipinski definition) is 1. The number of benzene rings is 1. The van der Waals surface area contributed by atoms with Crippen LogP contribution in [0, 0.1) is 19.8 Å². The van der Waals surface area contributed by atoms with Gasteiger partial charge in [-0.1, -0.05) is 55.9 Å². The first kappa shape index (κ1) is 12.6. The molecular weight excluding hydrogens is 208 g/mol. The van der Waals surface area contributed by atoms with Gasteiger partial charge in [-0.05, 0) is 37.3 Å². The van der Waals surface area contributed by atoms with Crippen LogP contribution < -0.4 is 0 Å². The summed E-state index contributed by atoms with van der Waals surface area (Å²) in [5, 5.41) is 10.3. The van der Waals surface area contributed by atoms with Gasteiger partial charge >= 0.3 is 0 Å². The topological polar surface area (TPSA) is 20.2 Å². The van der Waals surface area contributed by atoms with Crippen molar-refractivity contribution in [2.45, 2.75) is 58.5 Å². The summed E-state index contributed by atoms with van der Waals surface area (Å²) in [4.78, 5) is 0. The van der Waals surface area contributed by atoms with E-state index in [1.165, 1.54) is 43.2 Å². The van der Waals surface area contributed by atoms with Crippen LogP contribution in [-0.4, -0.2) is 5.11 Å². The smallest absolute Gasteiger partial charge is 0.0795 e. The molecule has 1 saturated carbocycles. The molecule has 1 atom stereocenters. The molecule has 2 rings (SSSR count). The van der Waals surface area contributed by atoms with Gasteiger partial charge in [0.15, 0.2) is 0 Å². The molecule has 1 aliphatic rings. The first-order chi connectivity index (χ1) is 8.16. The standard InChI is InChI=1S/C16H24O/c1-12-8-9-15(13(2)10-12)16(17)11-14-6-4-3-5-7-14/h8-10,14,16-17H,3-7,11H2,1-2H3. The average molecular weight is 232 g/mol. The lowest BCUT2D eigenvalue weighted by atomic mass is 9.83. The molecule has 1 nitrogen and oxygen atoms in total. The second kappa shape index (κ2) is 5.68. The van der Waals surface area contributed by atoms with Gasteiger partial charge in [-0.15, -0.1) is 0 Å². The molecule has 1 aliphatic carbocycles. The molecule has 0 aliphatic heterocycles. The van der Waals surface area contributed by atoms with E-state index in [9.17, 15) is 5.11 Å². The fourth-order valence-corrected chi connectivity index (χ4v) is 3.07. The Morgan fingerprint density at radius 3 is 2.53 bits per heavy atom. The maximum Gasteiger partial charge on any atom is 0.0795 e. The van der Waals surface area contributed by atoms with E-state index in [0.29, 0.717) is 0 Å². The maximum atomic E-state index is 10.3. The highest BCUT2D eigenvalue weighted by atomic mass is 16.3. The molecular formula is C16H24O. The van der Waals surface area contributed by atoms with Crippen LogP contribution in [0.1, 0.15) is 61.3 Å². The third-order valence-corrected chi connectivity index (χ3v) is 4.07. The van der Waals surface area contributed by atoms with Crippen LogP contribution >= 0.6 is 0 Å². The van der Waals surface area contributed by atoms with Gasteiger partial charge in [0.2, 0.25) is 0 Å². The molecule has 1 aromatic rings.